The van der Waals surface area contributed by atoms with Gasteiger partial charge in [-0.25, -0.2) is 4.79 Å². The molecule has 1 aliphatic heterocycles. The minimum atomic E-state index is -0.445. The molecule has 3 nitrogen and oxygen atoms in total. The van der Waals surface area contributed by atoms with Crippen LogP contribution in [-0.2, 0) is 4.74 Å². The second-order valence-corrected chi connectivity index (χ2v) is 7.38. The van der Waals surface area contributed by atoms with Crippen molar-refractivity contribution >= 4 is 28.1 Å². The molecule has 1 aromatic rings. The topological polar surface area (TPSA) is 29.5 Å². The van der Waals surface area contributed by atoms with Crippen molar-refractivity contribution in [1.29, 1.82) is 0 Å². The van der Waals surface area contributed by atoms with Crippen LogP contribution in [0.4, 0.5) is 4.79 Å². The van der Waals surface area contributed by atoms with Crippen molar-refractivity contribution in [3.63, 3.8) is 0 Å². The quantitative estimate of drug-likeness (QED) is 0.733. The van der Waals surface area contributed by atoms with Crippen LogP contribution in [0.25, 0.3) is 6.08 Å². The van der Waals surface area contributed by atoms with Crippen molar-refractivity contribution in [2.24, 2.45) is 11.8 Å². The fourth-order valence-electron chi connectivity index (χ4n) is 2.55. The molecule has 0 saturated carbocycles. The van der Waals surface area contributed by atoms with Gasteiger partial charge in [-0.3, -0.25) is 0 Å². The van der Waals surface area contributed by atoms with Crippen LogP contribution in [0, 0.1) is 11.8 Å². The molecular weight excluding hydrogens is 342 g/mol. The molecular formula is C18H24BrNO2. The van der Waals surface area contributed by atoms with Gasteiger partial charge in [0.25, 0.3) is 0 Å². The van der Waals surface area contributed by atoms with E-state index >= 15 is 0 Å². The molecule has 1 aliphatic rings. The van der Waals surface area contributed by atoms with Crippen molar-refractivity contribution in [2.45, 2.75) is 26.4 Å². The number of alkyl halides is 1. The molecule has 0 unspecified atom stereocenters. The van der Waals surface area contributed by atoms with Gasteiger partial charge < -0.3 is 9.64 Å². The first kappa shape index (κ1) is 17.1. The Morgan fingerprint density at radius 1 is 1.32 bits per heavy atom. The van der Waals surface area contributed by atoms with Crippen LogP contribution in [0.5, 0.6) is 0 Å². The number of benzene rings is 1. The average molecular weight is 366 g/mol. The van der Waals surface area contributed by atoms with Gasteiger partial charge in [0.15, 0.2) is 0 Å². The van der Waals surface area contributed by atoms with E-state index < -0.39 is 5.60 Å². The lowest BCUT2D eigenvalue weighted by Gasteiger charge is -2.24. The number of carbonyl (C=O) groups excluding carboxylic acids is 1. The van der Waals surface area contributed by atoms with E-state index in [0.717, 1.165) is 11.9 Å². The zero-order valence-electron chi connectivity index (χ0n) is 13.5. The molecule has 1 heterocycles. The summed E-state index contributed by atoms with van der Waals surface area (Å²) in [5, 5.41) is 0.885. The van der Waals surface area contributed by atoms with Gasteiger partial charge in [0, 0.05) is 24.3 Å². The Labute approximate surface area is 141 Å². The van der Waals surface area contributed by atoms with Crippen molar-refractivity contribution in [3.05, 3.63) is 42.0 Å². The Morgan fingerprint density at radius 3 is 2.59 bits per heavy atom. The number of halogens is 1. The van der Waals surface area contributed by atoms with E-state index in [9.17, 15) is 4.79 Å². The number of carbonyl (C=O) groups is 1. The molecule has 2 atom stereocenters. The zero-order valence-corrected chi connectivity index (χ0v) is 15.0. The van der Waals surface area contributed by atoms with Crippen LogP contribution in [0.1, 0.15) is 26.3 Å². The maximum absolute atomic E-state index is 12.2. The maximum Gasteiger partial charge on any atom is 0.410 e. The number of likely N-dealkylation sites (tertiary alicyclic amines) is 1. The monoisotopic (exact) mass is 365 g/mol. The van der Waals surface area contributed by atoms with Gasteiger partial charge in [-0.05, 0) is 32.3 Å². The molecule has 0 radical (unpaired) electrons. The molecule has 0 N–H and O–H groups in total. The molecule has 0 aromatic heterocycles. The SMILES string of the molecule is CC(C)(C)OC(=O)N1C[C@H](CBr)[C@@H](C=Cc2ccccc2)C1. The van der Waals surface area contributed by atoms with Crippen LogP contribution in [0.2, 0.25) is 0 Å². The summed E-state index contributed by atoms with van der Waals surface area (Å²) in [6, 6.07) is 10.2. The molecule has 120 valence electrons. The summed E-state index contributed by atoms with van der Waals surface area (Å²) in [5.74, 6) is 0.777. The van der Waals surface area contributed by atoms with E-state index in [4.69, 9.17) is 4.74 Å². The third-order valence-electron chi connectivity index (χ3n) is 3.68. The minimum absolute atomic E-state index is 0.214. The summed E-state index contributed by atoms with van der Waals surface area (Å²) in [7, 11) is 0. The second-order valence-electron chi connectivity index (χ2n) is 6.73. The third-order valence-corrected chi connectivity index (χ3v) is 4.51. The van der Waals surface area contributed by atoms with Gasteiger partial charge in [-0.15, -0.1) is 0 Å². The molecule has 4 heteroatoms. The van der Waals surface area contributed by atoms with Gasteiger partial charge in [-0.1, -0.05) is 58.4 Å². The lowest BCUT2D eigenvalue weighted by atomic mass is 9.97. The predicted molar refractivity (Wildman–Crippen MR) is 94.1 cm³/mol. The maximum atomic E-state index is 12.2. The van der Waals surface area contributed by atoms with Crippen LogP contribution < -0.4 is 0 Å². The second kappa shape index (κ2) is 7.32. The van der Waals surface area contributed by atoms with Gasteiger partial charge in [0.1, 0.15) is 5.60 Å². The Kier molecular flexibility index (Phi) is 5.68. The summed E-state index contributed by atoms with van der Waals surface area (Å²) in [5.41, 5.74) is 0.741. The third kappa shape index (κ3) is 4.87. The first-order valence-corrected chi connectivity index (χ1v) is 8.78. The summed E-state index contributed by atoms with van der Waals surface area (Å²) in [4.78, 5) is 14.0. The van der Waals surface area contributed by atoms with E-state index in [1.54, 1.807) is 0 Å². The predicted octanol–water partition coefficient (Wildman–Crippen LogP) is 4.58. The molecule has 1 fully saturated rings. The number of nitrogens with zero attached hydrogens (tertiary/aromatic N) is 1. The number of ether oxygens (including phenoxy) is 1. The summed E-state index contributed by atoms with van der Waals surface area (Å²) in [6.07, 6.45) is 4.14. The highest BCUT2D eigenvalue weighted by atomic mass is 79.9. The number of amides is 1. The van der Waals surface area contributed by atoms with E-state index in [1.165, 1.54) is 5.56 Å². The fourth-order valence-corrected chi connectivity index (χ4v) is 3.24. The molecule has 22 heavy (non-hydrogen) atoms. The number of hydrogen-bond donors (Lipinski definition) is 0. The largest absolute Gasteiger partial charge is 0.444 e. The summed E-state index contributed by atoms with van der Waals surface area (Å²) < 4.78 is 5.47. The standard InChI is InChI=1S/C18H24BrNO2/c1-18(2,3)22-17(21)20-12-15(16(11-19)13-20)10-9-14-7-5-4-6-8-14/h4-10,15-16H,11-13H2,1-3H3/t15-,16-/m0/s1. The van der Waals surface area contributed by atoms with Crippen LogP contribution in [-0.4, -0.2) is 35.0 Å². The van der Waals surface area contributed by atoms with Crippen LogP contribution >= 0.6 is 15.9 Å². The van der Waals surface area contributed by atoms with Crippen LogP contribution in [0.3, 0.4) is 0 Å². The van der Waals surface area contributed by atoms with E-state index in [1.807, 2.05) is 43.9 Å². The highest BCUT2D eigenvalue weighted by molar-refractivity contribution is 9.09. The highest BCUT2D eigenvalue weighted by Crippen LogP contribution is 2.28. The number of rotatable bonds is 3. The van der Waals surface area contributed by atoms with E-state index in [0.29, 0.717) is 18.4 Å². The smallest absolute Gasteiger partial charge is 0.410 e. The van der Waals surface area contributed by atoms with Crippen LogP contribution in [0.15, 0.2) is 36.4 Å². The molecule has 1 amide bonds. The van der Waals surface area contributed by atoms with Crippen molar-refractivity contribution in [2.75, 3.05) is 18.4 Å². The lowest BCUT2D eigenvalue weighted by Crippen LogP contribution is -2.35. The summed E-state index contributed by atoms with van der Waals surface area (Å²) >= 11 is 3.57. The van der Waals surface area contributed by atoms with Gasteiger partial charge >= 0.3 is 6.09 Å². The molecule has 2 rings (SSSR count). The minimum Gasteiger partial charge on any atom is -0.444 e. The Morgan fingerprint density at radius 2 is 2.00 bits per heavy atom. The molecule has 1 saturated heterocycles. The fraction of sp³-hybridized carbons (Fsp3) is 0.500. The molecule has 1 aromatic carbocycles. The summed E-state index contributed by atoms with van der Waals surface area (Å²) in [6.45, 7) is 7.15. The molecule has 0 bridgehead atoms. The Hall–Kier alpha value is -1.29. The zero-order chi connectivity index (χ0) is 16.2. The first-order chi connectivity index (χ1) is 10.4. The Bertz CT molecular complexity index is 522. The molecule has 0 aliphatic carbocycles. The Balaban J connectivity index is 2.00. The lowest BCUT2D eigenvalue weighted by molar-refractivity contribution is 0.0287. The average Bonchev–Trinajstić information content (AvgIpc) is 2.88. The van der Waals surface area contributed by atoms with Gasteiger partial charge in [0.05, 0.1) is 0 Å². The van der Waals surface area contributed by atoms with Gasteiger partial charge in [-0.2, -0.15) is 0 Å². The van der Waals surface area contributed by atoms with E-state index in [2.05, 4.69) is 40.2 Å². The van der Waals surface area contributed by atoms with Crippen molar-refractivity contribution in [1.82, 2.24) is 4.90 Å². The van der Waals surface area contributed by atoms with E-state index in [-0.39, 0.29) is 6.09 Å². The highest BCUT2D eigenvalue weighted by Gasteiger charge is 2.35. The number of hydrogen-bond acceptors (Lipinski definition) is 2. The normalized spacial score (nSPS) is 22.3. The van der Waals surface area contributed by atoms with Crippen molar-refractivity contribution < 1.29 is 9.53 Å². The van der Waals surface area contributed by atoms with Crippen molar-refractivity contribution in [3.8, 4) is 0 Å². The molecule has 0 spiro atoms. The van der Waals surface area contributed by atoms with Gasteiger partial charge in [0.2, 0.25) is 0 Å². The first-order valence-electron chi connectivity index (χ1n) is 7.66.